The van der Waals surface area contributed by atoms with Crippen LogP contribution in [0.5, 0.6) is 0 Å². The normalized spacial score (nSPS) is 14.3. The summed E-state index contributed by atoms with van der Waals surface area (Å²) in [5.41, 5.74) is 5.54. The van der Waals surface area contributed by atoms with Crippen molar-refractivity contribution in [2.45, 2.75) is 50.5 Å². The van der Waals surface area contributed by atoms with E-state index in [9.17, 15) is 13.2 Å². The first-order chi connectivity index (χ1) is 15.3. The molecular formula is C26H28N2O3S. The molecule has 3 aromatic rings. The summed E-state index contributed by atoms with van der Waals surface area (Å²) in [5, 5.41) is 3.06. The quantitative estimate of drug-likeness (QED) is 0.547. The maximum Gasteiger partial charge on any atom is 0.261 e. The molecule has 0 radical (unpaired) electrons. The van der Waals surface area contributed by atoms with Gasteiger partial charge in [-0.2, -0.15) is 0 Å². The van der Waals surface area contributed by atoms with Crippen LogP contribution in [-0.2, 0) is 22.9 Å². The molecule has 0 saturated carbocycles. The zero-order chi connectivity index (χ0) is 22.7. The van der Waals surface area contributed by atoms with E-state index in [4.69, 9.17) is 0 Å². The van der Waals surface area contributed by atoms with Crippen molar-refractivity contribution in [1.29, 1.82) is 0 Å². The third-order valence-electron chi connectivity index (χ3n) is 6.01. The molecule has 1 aliphatic rings. The zero-order valence-electron chi connectivity index (χ0n) is 18.4. The van der Waals surface area contributed by atoms with E-state index in [2.05, 4.69) is 28.2 Å². The predicted octanol–water partition coefficient (Wildman–Crippen LogP) is 5.17. The fraction of sp³-hybridized carbons (Fsp3) is 0.269. The van der Waals surface area contributed by atoms with Crippen LogP contribution in [0.2, 0.25) is 0 Å². The van der Waals surface area contributed by atoms with Gasteiger partial charge in [0.15, 0.2) is 0 Å². The summed E-state index contributed by atoms with van der Waals surface area (Å²) in [6, 6.07) is 19.6. The van der Waals surface area contributed by atoms with E-state index in [0.717, 1.165) is 18.4 Å². The largest absolute Gasteiger partial charge is 0.346 e. The van der Waals surface area contributed by atoms with Gasteiger partial charge in [-0.1, -0.05) is 36.4 Å². The van der Waals surface area contributed by atoms with Gasteiger partial charge >= 0.3 is 0 Å². The monoisotopic (exact) mass is 448 g/mol. The highest BCUT2D eigenvalue weighted by Gasteiger charge is 2.18. The molecule has 4 rings (SSSR count). The molecule has 0 fully saturated rings. The van der Waals surface area contributed by atoms with Crippen LogP contribution in [0.25, 0.3) is 0 Å². The van der Waals surface area contributed by atoms with Crippen LogP contribution >= 0.6 is 0 Å². The minimum atomic E-state index is -3.68. The van der Waals surface area contributed by atoms with Gasteiger partial charge in [-0.05, 0) is 92.1 Å². The van der Waals surface area contributed by atoms with Gasteiger partial charge in [-0.15, -0.1) is 0 Å². The fourth-order valence-electron chi connectivity index (χ4n) is 4.11. The minimum Gasteiger partial charge on any atom is -0.346 e. The van der Waals surface area contributed by atoms with Gasteiger partial charge in [0.25, 0.3) is 15.9 Å². The van der Waals surface area contributed by atoms with Gasteiger partial charge in [0.2, 0.25) is 0 Å². The van der Waals surface area contributed by atoms with Crippen molar-refractivity contribution in [2.75, 3.05) is 4.72 Å². The van der Waals surface area contributed by atoms with Gasteiger partial charge in [0, 0.05) is 5.56 Å². The Morgan fingerprint density at radius 1 is 0.906 bits per heavy atom. The van der Waals surface area contributed by atoms with Crippen molar-refractivity contribution in [2.24, 2.45) is 0 Å². The van der Waals surface area contributed by atoms with Crippen molar-refractivity contribution in [3.8, 4) is 0 Å². The second-order valence-corrected chi connectivity index (χ2v) is 10.1. The van der Waals surface area contributed by atoms with E-state index in [1.807, 2.05) is 6.92 Å². The van der Waals surface area contributed by atoms with Crippen LogP contribution in [0.15, 0.2) is 71.6 Å². The number of amides is 1. The van der Waals surface area contributed by atoms with E-state index in [0.29, 0.717) is 16.8 Å². The van der Waals surface area contributed by atoms with Gasteiger partial charge in [0.1, 0.15) is 0 Å². The summed E-state index contributed by atoms with van der Waals surface area (Å²) in [6.07, 6.45) is 4.70. The van der Waals surface area contributed by atoms with Crippen LogP contribution in [0.4, 0.5) is 5.69 Å². The average Bonchev–Trinajstić information content (AvgIpc) is 2.80. The van der Waals surface area contributed by atoms with E-state index >= 15 is 0 Å². The van der Waals surface area contributed by atoms with Crippen LogP contribution in [-0.4, -0.2) is 14.3 Å². The second-order valence-electron chi connectivity index (χ2n) is 8.38. The Hall–Kier alpha value is -3.12. The van der Waals surface area contributed by atoms with Crippen LogP contribution < -0.4 is 10.0 Å². The Morgan fingerprint density at radius 3 is 2.34 bits per heavy atom. The molecule has 0 heterocycles. The lowest BCUT2D eigenvalue weighted by atomic mass is 9.89. The van der Waals surface area contributed by atoms with Crippen molar-refractivity contribution in [3.05, 3.63) is 94.5 Å². The number of carbonyl (C=O) groups is 1. The Labute approximate surface area is 189 Å². The number of hydrogen-bond donors (Lipinski definition) is 2. The molecule has 32 heavy (non-hydrogen) atoms. The highest BCUT2D eigenvalue weighted by molar-refractivity contribution is 7.92. The van der Waals surface area contributed by atoms with E-state index in [1.54, 1.807) is 55.5 Å². The minimum absolute atomic E-state index is 0.119. The number of carbonyl (C=O) groups excluding carboxylic acids is 1. The molecule has 0 saturated heterocycles. The SMILES string of the molecule is Cc1cc(C(=O)N[C@@H](C)c2ccc3c(c2)CCCC3)ccc1NS(=O)(=O)c1ccccc1. The lowest BCUT2D eigenvalue weighted by Crippen LogP contribution is -2.27. The third-order valence-corrected chi connectivity index (χ3v) is 7.39. The standard InChI is InChI=1S/C26H28N2O3S/c1-18-16-23(14-15-25(18)28-32(30,31)24-10-4-3-5-11-24)26(29)27-19(2)21-13-12-20-8-6-7-9-22(20)17-21/h3-5,10-17,19,28H,6-9H2,1-2H3,(H,27,29)/t19-/m0/s1. The molecular weight excluding hydrogens is 420 g/mol. The predicted molar refractivity (Wildman–Crippen MR) is 127 cm³/mol. The molecule has 5 nitrogen and oxygen atoms in total. The molecule has 0 aliphatic heterocycles. The molecule has 0 spiro atoms. The molecule has 3 aromatic carbocycles. The molecule has 1 amide bonds. The van der Waals surface area contributed by atoms with Gasteiger partial charge in [-0.25, -0.2) is 8.42 Å². The number of aryl methyl sites for hydroxylation is 3. The molecule has 0 aromatic heterocycles. The number of fused-ring (bicyclic) bond motifs is 1. The number of rotatable bonds is 6. The number of nitrogens with one attached hydrogen (secondary N) is 2. The zero-order valence-corrected chi connectivity index (χ0v) is 19.2. The molecule has 6 heteroatoms. The Kier molecular flexibility index (Phi) is 6.33. The molecule has 2 N–H and O–H groups in total. The lowest BCUT2D eigenvalue weighted by Gasteiger charge is -2.20. The molecule has 0 bridgehead atoms. The molecule has 166 valence electrons. The molecule has 1 aliphatic carbocycles. The number of hydrogen-bond acceptors (Lipinski definition) is 3. The first-order valence-corrected chi connectivity index (χ1v) is 12.4. The third kappa shape index (κ3) is 4.86. The second kappa shape index (κ2) is 9.17. The Bertz CT molecular complexity index is 1240. The van der Waals surface area contributed by atoms with Crippen molar-refractivity contribution < 1.29 is 13.2 Å². The molecule has 1 atom stereocenters. The average molecular weight is 449 g/mol. The van der Waals surface area contributed by atoms with E-state index in [-0.39, 0.29) is 16.8 Å². The highest BCUT2D eigenvalue weighted by Crippen LogP contribution is 2.25. The van der Waals surface area contributed by atoms with Gasteiger partial charge in [-0.3, -0.25) is 9.52 Å². The van der Waals surface area contributed by atoms with Crippen LogP contribution in [0.1, 0.15) is 58.4 Å². The molecule has 0 unspecified atom stereocenters. The van der Waals surface area contributed by atoms with Crippen molar-refractivity contribution in [1.82, 2.24) is 5.32 Å². The lowest BCUT2D eigenvalue weighted by molar-refractivity contribution is 0.0940. The Morgan fingerprint density at radius 2 is 1.62 bits per heavy atom. The topological polar surface area (TPSA) is 75.3 Å². The van der Waals surface area contributed by atoms with Gasteiger partial charge in [0.05, 0.1) is 16.6 Å². The van der Waals surface area contributed by atoms with Crippen molar-refractivity contribution >= 4 is 21.6 Å². The van der Waals surface area contributed by atoms with Gasteiger partial charge < -0.3 is 5.32 Å². The van der Waals surface area contributed by atoms with Crippen molar-refractivity contribution in [3.63, 3.8) is 0 Å². The van der Waals surface area contributed by atoms with Crippen LogP contribution in [0, 0.1) is 6.92 Å². The number of anilines is 1. The Balaban J connectivity index is 1.46. The summed E-state index contributed by atoms with van der Waals surface area (Å²) in [7, 11) is -3.68. The fourth-order valence-corrected chi connectivity index (χ4v) is 5.26. The first kappa shape index (κ1) is 22.1. The summed E-state index contributed by atoms with van der Waals surface area (Å²) in [5.74, 6) is -0.184. The first-order valence-electron chi connectivity index (χ1n) is 10.9. The summed E-state index contributed by atoms with van der Waals surface area (Å²) >= 11 is 0. The maximum absolute atomic E-state index is 12.8. The number of benzene rings is 3. The van der Waals surface area contributed by atoms with E-state index < -0.39 is 10.0 Å². The summed E-state index contributed by atoms with van der Waals surface area (Å²) in [6.45, 7) is 3.77. The summed E-state index contributed by atoms with van der Waals surface area (Å²) in [4.78, 5) is 13.0. The highest BCUT2D eigenvalue weighted by atomic mass is 32.2. The van der Waals surface area contributed by atoms with Crippen LogP contribution in [0.3, 0.4) is 0 Å². The summed E-state index contributed by atoms with van der Waals surface area (Å²) < 4.78 is 27.8. The smallest absolute Gasteiger partial charge is 0.261 e. The maximum atomic E-state index is 12.8. The number of sulfonamides is 1. The van der Waals surface area contributed by atoms with E-state index in [1.165, 1.54) is 24.0 Å².